The summed E-state index contributed by atoms with van der Waals surface area (Å²) in [6.07, 6.45) is -5.79. The highest BCUT2D eigenvalue weighted by molar-refractivity contribution is 5.96. The van der Waals surface area contributed by atoms with Gasteiger partial charge in [0, 0.05) is 36.0 Å². The number of hydrogen-bond acceptors (Lipinski definition) is 10. The van der Waals surface area contributed by atoms with Crippen LogP contribution in [0.2, 0.25) is 0 Å². The lowest BCUT2D eigenvalue weighted by Crippen LogP contribution is -2.80. The highest BCUT2D eigenvalue weighted by Crippen LogP contribution is 2.67. The molecule has 10 nitrogen and oxygen atoms in total. The Balaban J connectivity index is 1.98. The van der Waals surface area contributed by atoms with Crippen LogP contribution >= 0.6 is 0 Å². The molecule has 3 N–H and O–H groups in total. The molecule has 4 rings (SSSR count). The van der Waals surface area contributed by atoms with Gasteiger partial charge in [-0.05, 0) is 37.8 Å². The number of hydrogen-bond donors (Lipinski definition) is 3. The number of carbonyl (C=O) groups is 4. The van der Waals surface area contributed by atoms with E-state index in [0.717, 1.165) is 6.92 Å². The summed E-state index contributed by atoms with van der Waals surface area (Å²) < 4.78 is 17.6. The molecule has 0 saturated heterocycles. The third-order valence-corrected chi connectivity index (χ3v) is 9.89. The van der Waals surface area contributed by atoms with E-state index in [4.69, 9.17) is 14.2 Å². The van der Waals surface area contributed by atoms with Crippen molar-refractivity contribution >= 4 is 23.7 Å². The minimum atomic E-state index is -2.45. The number of carbonyl (C=O) groups excluding carboxylic acids is 4. The second-order valence-electron chi connectivity index (χ2n) is 12.8. The van der Waals surface area contributed by atoms with Crippen LogP contribution in [0.3, 0.4) is 0 Å². The summed E-state index contributed by atoms with van der Waals surface area (Å²) >= 11 is 0. The smallest absolute Gasteiger partial charge is 0.338 e. The van der Waals surface area contributed by atoms with Crippen molar-refractivity contribution in [3.8, 4) is 0 Å². The van der Waals surface area contributed by atoms with E-state index >= 15 is 0 Å². The molecule has 0 aliphatic heterocycles. The van der Waals surface area contributed by atoms with E-state index < -0.39 is 87.9 Å². The van der Waals surface area contributed by atoms with Crippen LogP contribution in [-0.4, -0.2) is 75.1 Å². The van der Waals surface area contributed by atoms with Crippen molar-refractivity contribution in [3.05, 3.63) is 48.6 Å². The highest BCUT2D eigenvalue weighted by Gasteiger charge is 2.77. The summed E-state index contributed by atoms with van der Waals surface area (Å²) in [4.78, 5) is 52.2. The van der Waals surface area contributed by atoms with Crippen LogP contribution in [-0.2, 0) is 28.6 Å². The normalized spacial score (nSPS) is 41.3. The van der Waals surface area contributed by atoms with Gasteiger partial charge in [0.05, 0.1) is 17.8 Å². The average Bonchev–Trinajstić information content (AvgIpc) is 2.89. The van der Waals surface area contributed by atoms with Gasteiger partial charge in [-0.15, -0.1) is 6.58 Å². The van der Waals surface area contributed by atoms with Gasteiger partial charge in [0.15, 0.2) is 17.5 Å². The topological polar surface area (TPSA) is 157 Å². The summed E-state index contributed by atoms with van der Waals surface area (Å²) in [5, 5.41) is 35.3. The molecule has 3 aliphatic rings. The fourth-order valence-electron chi connectivity index (χ4n) is 8.11. The number of esters is 3. The van der Waals surface area contributed by atoms with Gasteiger partial charge in [0.25, 0.3) is 0 Å². The number of ketones is 1. The van der Waals surface area contributed by atoms with Crippen LogP contribution in [0.15, 0.2) is 43.0 Å². The number of aliphatic hydroxyl groups is 3. The Hall–Kier alpha value is -3.08. The maximum atomic E-state index is 13.9. The van der Waals surface area contributed by atoms with Gasteiger partial charge < -0.3 is 29.5 Å². The molecule has 3 aliphatic carbocycles. The number of Topliss-reactive ketones (excluding diaryl/α,β-unsaturated/α-hetero) is 1. The van der Waals surface area contributed by atoms with Gasteiger partial charge in [-0.25, -0.2) is 4.79 Å². The van der Waals surface area contributed by atoms with Gasteiger partial charge in [-0.1, -0.05) is 45.0 Å². The van der Waals surface area contributed by atoms with Crippen LogP contribution in [0.5, 0.6) is 0 Å². The highest BCUT2D eigenvalue weighted by atomic mass is 16.6. The molecule has 224 valence electrons. The predicted octanol–water partition coefficient (Wildman–Crippen LogP) is 2.38. The van der Waals surface area contributed by atoms with Crippen molar-refractivity contribution in [2.75, 3.05) is 0 Å². The quantitative estimate of drug-likeness (QED) is 0.272. The maximum Gasteiger partial charge on any atom is 0.338 e. The van der Waals surface area contributed by atoms with Crippen molar-refractivity contribution in [2.24, 2.45) is 28.1 Å². The first kappa shape index (κ1) is 30.9. The summed E-state index contributed by atoms with van der Waals surface area (Å²) in [5.74, 6) is -4.95. The maximum absolute atomic E-state index is 13.9. The van der Waals surface area contributed by atoms with E-state index in [1.165, 1.54) is 32.1 Å². The fraction of sp³-hybridized carbons (Fsp3) is 0.613. The van der Waals surface area contributed by atoms with Gasteiger partial charge in [-0.2, -0.15) is 0 Å². The molecular weight excluding hydrogens is 532 g/mol. The summed E-state index contributed by atoms with van der Waals surface area (Å²) in [6.45, 7) is 12.8. The van der Waals surface area contributed by atoms with Crippen LogP contribution < -0.4 is 0 Å². The first-order chi connectivity index (χ1) is 19.0. The largest absolute Gasteiger partial charge is 0.458 e. The first-order valence-electron chi connectivity index (χ1n) is 13.8. The van der Waals surface area contributed by atoms with Crippen molar-refractivity contribution < 1.29 is 48.7 Å². The Labute approximate surface area is 239 Å². The Bertz CT molecular complexity index is 1240. The third kappa shape index (κ3) is 4.60. The summed E-state index contributed by atoms with van der Waals surface area (Å²) in [6, 6.07) is 8.08. The zero-order valence-electron chi connectivity index (χ0n) is 24.3. The molecule has 1 aromatic rings. The van der Waals surface area contributed by atoms with Gasteiger partial charge >= 0.3 is 17.9 Å². The molecule has 0 spiro atoms. The number of ether oxygens (including phenoxy) is 3. The third-order valence-electron chi connectivity index (χ3n) is 9.89. The van der Waals surface area contributed by atoms with Gasteiger partial charge in [0.2, 0.25) is 0 Å². The molecule has 0 heterocycles. The van der Waals surface area contributed by atoms with E-state index in [0.29, 0.717) is 0 Å². The number of benzene rings is 1. The lowest BCUT2D eigenvalue weighted by atomic mass is 9.39. The number of rotatable bonds is 5. The van der Waals surface area contributed by atoms with Crippen molar-refractivity contribution in [1.82, 2.24) is 0 Å². The minimum absolute atomic E-state index is 0.108. The zero-order chi connectivity index (χ0) is 30.7. The van der Waals surface area contributed by atoms with E-state index in [-0.39, 0.29) is 18.4 Å². The van der Waals surface area contributed by atoms with Gasteiger partial charge in [0.1, 0.15) is 12.2 Å². The van der Waals surface area contributed by atoms with E-state index in [1.54, 1.807) is 39.0 Å². The molecular formula is C31H40O10. The number of aliphatic hydroxyl groups excluding tert-OH is 2. The second kappa shape index (κ2) is 10.3. The van der Waals surface area contributed by atoms with E-state index in [2.05, 4.69) is 6.58 Å². The molecule has 10 heteroatoms. The number of fused-ring (bicyclic) bond motifs is 3. The van der Waals surface area contributed by atoms with Crippen LogP contribution in [0, 0.1) is 28.1 Å². The van der Waals surface area contributed by atoms with E-state index in [1.807, 2.05) is 0 Å². The lowest BCUT2D eigenvalue weighted by molar-refractivity contribution is -0.313. The van der Waals surface area contributed by atoms with Crippen LogP contribution in [0.1, 0.15) is 64.7 Å². The first-order valence-corrected chi connectivity index (χ1v) is 13.8. The van der Waals surface area contributed by atoms with Gasteiger partial charge in [-0.3, -0.25) is 14.4 Å². The monoisotopic (exact) mass is 572 g/mol. The SMILES string of the molecule is C=C[C@]1(C)C[C@@H](O)[C@H]2[C@](O)(C1=O)[C@H](O)C[C@H]1C(C)(C)[C@H](OC(C)=O)[C@H](OC(C)=O)[C@H](OC(=O)c3ccccc3)[C@@]12C. The standard InChI is InChI=1S/C31H40O10/c1-8-29(6)15-19(34)23-30(7)20(14-21(35)31(23,38)27(29)37)28(4,5)24(40-17(3)33)22(39-16(2)32)25(30)41-26(36)18-12-10-9-11-13-18/h8-13,19-25,34-35,38H,1,14-15H2,2-7H3/t19-,20+,21-,22+,23-,24-,25+,29-,30+,31+/m1/s1. The molecule has 3 saturated carbocycles. The number of allylic oxidation sites excluding steroid dienone is 1. The zero-order valence-corrected chi connectivity index (χ0v) is 24.3. The lowest BCUT2D eigenvalue weighted by Gasteiger charge is -2.68. The molecule has 0 amide bonds. The summed E-state index contributed by atoms with van der Waals surface area (Å²) in [5.41, 5.74) is -6.12. The molecule has 0 bridgehead atoms. The van der Waals surface area contributed by atoms with E-state index in [9.17, 15) is 34.5 Å². The van der Waals surface area contributed by atoms with Crippen molar-refractivity contribution in [2.45, 2.75) is 90.5 Å². The Morgan fingerprint density at radius 1 is 0.951 bits per heavy atom. The summed E-state index contributed by atoms with van der Waals surface area (Å²) in [7, 11) is 0. The minimum Gasteiger partial charge on any atom is -0.458 e. The van der Waals surface area contributed by atoms with Crippen molar-refractivity contribution in [3.63, 3.8) is 0 Å². The molecule has 10 atom stereocenters. The Morgan fingerprint density at radius 2 is 1.54 bits per heavy atom. The molecule has 0 radical (unpaired) electrons. The van der Waals surface area contributed by atoms with Crippen LogP contribution in [0.25, 0.3) is 0 Å². The Kier molecular flexibility index (Phi) is 7.77. The van der Waals surface area contributed by atoms with Crippen molar-refractivity contribution in [1.29, 1.82) is 0 Å². The molecule has 1 aromatic carbocycles. The molecule has 0 unspecified atom stereocenters. The second-order valence-corrected chi connectivity index (χ2v) is 12.8. The molecule has 0 aromatic heterocycles. The predicted molar refractivity (Wildman–Crippen MR) is 145 cm³/mol. The fourth-order valence-corrected chi connectivity index (χ4v) is 8.11. The van der Waals surface area contributed by atoms with Crippen LogP contribution in [0.4, 0.5) is 0 Å². The Morgan fingerprint density at radius 3 is 2.07 bits per heavy atom. The average molecular weight is 573 g/mol. The molecule has 3 fully saturated rings. The molecule has 41 heavy (non-hydrogen) atoms.